The fourth-order valence-corrected chi connectivity index (χ4v) is 2.60. The second-order valence-electron chi connectivity index (χ2n) is 5.93. The predicted molar refractivity (Wildman–Crippen MR) is 94.1 cm³/mol. The van der Waals surface area contributed by atoms with E-state index in [1.807, 2.05) is 48.6 Å². The smallest absolute Gasteiger partial charge is 0.282 e. The molecule has 0 aromatic heterocycles. The highest BCUT2D eigenvalue weighted by atomic mass is 16.6. The van der Waals surface area contributed by atoms with Crippen LogP contribution >= 0.6 is 0 Å². The van der Waals surface area contributed by atoms with E-state index in [1.54, 1.807) is 13.2 Å². The third kappa shape index (κ3) is 4.42. The first-order valence-electron chi connectivity index (χ1n) is 8.32. The van der Waals surface area contributed by atoms with Crippen LogP contribution in [0.4, 0.5) is 5.69 Å². The van der Waals surface area contributed by atoms with Crippen LogP contribution in [-0.4, -0.2) is 32.3 Å². The molecular formula is C19H23N2O4+. The van der Waals surface area contributed by atoms with Gasteiger partial charge in [-0.3, -0.25) is 4.79 Å². The van der Waals surface area contributed by atoms with Gasteiger partial charge in [-0.2, -0.15) is 0 Å². The lowest BCUT2D eigenvalue weighted by Gasteiger charge is -2.19. The molecule has 6 heteroatoms. The third-order valence-electron chi connectivity index (χ3n) is 4.06. The lowest BCUT2D eigenvalue weighted by molar-refractivity contribution is -0.688. The zero-order chi connectivity index (χ0) is 17.6. The maximum Gasteiger partial charge on any atom is 0.282 e. The second-order valence-corrected chi connectivity index (χ2v) is 5.93. The number of hydrogen-bond acceptors (Lipinski definition) is 4. The first kappa shape index (κ1) is 17.1. The second kappa shape index (κ2) is 7.90. The zero-order valence-electron chi connectivity index (χ0n) is 14.5. The van der Waals surface area contributed by atoms with Crippen LogP contribution in [0.5, 0.6) is 17.2 Å². The molecule has 0 bridgehead atoms. The Labute approximate surface area is 147 Å². The van der Waals surface area contributed by atoms with Gasteiger partial charge < -0.3 is 24.8 Å². The van der Waals surface area contributed by atoms with Crippen molar-refractivity contribution in [3.63, 3.8) is 0 Å². The molecule has 2 aromatic rings. The highest BCUT2D eigenvalue weighted by molar-refractivity contribution is 5.93. The molecule has 0 spiro atoms. The largest absolute Gasteiger partial charge is 0.497 e. The van der Waals surface area contributed by atoms with Gasteiger partial charge in [0.25, 0.3) is 5.91 Å². The molecule has 2 aromatic carbocycles. The van der Waals surface area contributed by atoms with Crippen LogP contribution in [0.15, 0.2) is 42.5 Å². The number of methoxy groups -OCH3 is 1. The van der Waals surface area contributed by atoms with Gasteiger partial charge in [-0.25, -0.2) is 0 Å². The highest BCUT2D eigenvalue weighted by Crippen LogP contribution is 2.32. The van der Waals surface area contributed by atoms with E-state index in [-0.39, 0.29) is 11.9 Å². The van der Waals surface area contributed by atoms with Crippen LogP contribution in [0.1, 0.15) is 12.5 Å². The monoisotopic (exact) mass is 343 g/mol. The minimum Gasteiger partial charge on any atom is -0.497 e. The van der Waals surface area contributed by atoms with E-state index in [2.05, 4.69) is 5.32 Å². The molecule has 1 aliphatic rings. The Morgan fingerprint density at radius 3 is 2.80 bits per heavy atom. The lowest BCUT2D eigenvalue weighted by Crippen LogP contribution is -2.90. The highest BCUT2D eigenvalue weighted by Gasteiger charge is 2.18. The first-order valence-corrected chi connectivity index (χ1v) is 8.32. The molecule has 0 aliphatic carbocycles. The van der Waals surface area contributed by atoms with Gasteiger partial charge in [0.1, 0.15) is 25.5 Å². The fraction of sp³-hybridized carbons (Fsp3) is 0.316. The fourth-order valence-electron chi connectivity index (χ4n) is 2.60. The summed E-state index contributed by atoms with van der Waals surface area (Å²) in [5.41, 5.74) is 1.81. The maximum absolute atomic E-state index is 12.4. The van der Waals surface area contributed by atoms with Crippen molar-refractivity contribution in [3.8, 4) is 17.2 Å². The molecule has 3 rings (SSSR count). The summed E-state index contributed by atoms with van der Waals surface area (Å²) >= 11 is 0. The van der Waals surface area contributed by atoms with Crippen LogP contribution in [0.25, 0.3) is 0 Å². The summed E-state index contributed by atoms with van der Waals surface area (Å²) in [6, 6.07) is 13.0. The topological polar surface area (TPSA) is 73.4 Å². The van der Waals surface area contributed by atoms with Crippen LogP contribution < -0.4 is 24.8 Å². The van der Waals surface area contributed by atoms with E-state index >= 15 is 0 Å². The van der Waals surface area contributed by atoms with Gasteiger partial charge in [0, 0.05) is 17.3 Å². The standard InChI is InChI=1S/C19H22N2O4/c1-13(20-12-14-4-3-5-16(10-14)23-2)19(22)21-15-6-7-17-18(11-15)25-9-8-24-17/h3-7,10-11,13,20H,8-9,12H2,1-2H3,(H,21,22)/p+1/t13-/m1/s1. The number of hydrogen-bond donors (Lipinski definition) is 2. The van der Waals surface area contributed by atoms with Gasteiger partial charge >= 0.3 is 0 Å². The van der Waals surface area contributed by atoms with Crippen molar-refractivity contribution in [3.05, 3.63) is 48.0 Å². The minimum atomic E-state index is -0.223. The van der Waals surface area contributed by atoms with Crippen molar-refractivity contribution < 1.29 is 24.3 Å². The van der Waals surface area contributed by atoms with Crippen molar-refractivity contribution in [1.82, 2.24) is 0 Å². The number of carbonyl (C=O) groups excluding carboxylic acids is 1. The molecule has 1 aliphatic heterocycles. The van der Waals surface area contributed by atoms with Crippen LogP contribution in [0.2, 0.25) is 0 Å². The van der Waals surface area contributed by atoms with E-state index < -0.39 is 0 Å². The summed E-state index contributed by atoms with van der Waals surface area (Å²) in [7, 11) is 1.65. The quantitative estimate of drug-likeness (QED) is 0.835. The molecular weight excluding hydrogens is 320 g/mol. The number of anilines is 1. The molecule has 132 valence electrons. The Morgan fingerprint density at radius 2 is 2.00 bits per heavy atom. The summed E-state index contributed by atoms with van der Waals surface area (Å²) in [5, 5.41) is 4.91. The predicted octanol–water partition coefficient (Wildman–Crippen LogP) is 1.56. The Hall–Kier alpha value is -2.73. The molecule has 1 amide bonds. The molecule has 0 saturated heterocycles. The van der Waals surface area contributed by atoms with Gasteiger partial charge in [0.15, 0.2) is 17.5 Å². The summed E-state index contributed by atoms with van der Waals surface area (Å²) in [6.45, 7) is 3.66. The van der Waals surface area contributed by atoms with Gasteiger partial charge in [0.2, 0.25) is 0 Å². The number of nitrogens with two attached hydrogens (primary N) is 1. The van der Waals surface area contributed by atoms with Gasteiger partial charge in [-0.1, -0.05) is 12.1 Å². The van der Waals surface area contributed by atoms with Crippen molar-refractivity contribution in [2.75, 3.05) is 25.6 Å². The number of carbonyl (C=O) groups is 1. The molecule has 0 fully saturated rings. The van der Waals surface area contributed by atoms with Gasteiger partial charge in [-0.05, 0) is 31.2 Å². The Kier molecular flexibility index (Phi) is 5.40. The molecule has 0 saturated carbocycles. The summed E-state index contributed by atoms with van der Waals surface area (Å²) < 4.78 is 16.2. The normalized spacial score (nSPS) is 13.8. The minimum absolute atomic E-state index is 0.0560. The molecule has 1 atom stereocenters. The molecule has 6 nitrogen and oxygen atoms in total. The van der Waals surface area contributed by atoms with Gasteiger partial charge in [-0.15, -0.1) is 0 Å². The Balaban J connectivity index is 1.55. The Morgan fingerprint density at radius 1 is 1.20 bits per heavy atom. The van der Waals surface area contributed by atoms with Crippen molar-refractivity contribution >= 4 is 11.6 Å². The Bertz CT molecular complexity index is 748. The maximum atomic E-state index is 12.4. The summed E-state index contributed by atoms with van der Waals surface area (Å²) in [5.74, 6) is 2.14. The first-order chi connectivity index (χ1) is 12.2. The number of nitrogens with one attached hydrogen (secondary N) is 1. The number of benzene rings is 2. The van der Waals surface area contributed by atoms with E-state index in [0.29, 0.717) is 36.9 Å². The lowest BCUT2D eigenvalue weighted by atomic mass is 10.2. The molecule has 1 heterocycles. The summed E-state index contributed by atoms with van der Waals surface area (Å²) in [6.07, 6.45) is 0. The van der Waals surface area contributed by atoms with Gasteiger partial charge in [0.05, 0.1) is 7.11 Å². The number of quaternary nitrogens is 1. The van der Waals surface area contributed by atoms with Crippen molar-refractivity contribution in [2.24, 2.45) is 0 Å². The van der Waals surface area contributed by atoms with Crippen LogP contribution in [-0.2, 0) is 11.3 Å². The van der Waals surface area contributed by atoms with Crippen LogP contribution in [0, 0.1) is 0 Å². The van der Waals surface area contributed by atoms with E-state index in [9.17, 15) is 4.79 Å². The van der Waals surface area contributed by atoms with E-state index in [0.717, 1.165) is 11.3 Å². The number of rotatable bonds is 6. The average molecular weight is 343 g/mol. The van der Waals surface area contributed by atoms with E-state index in [4.69, 9.17) is 14.2 Å². The number of amides is 1. The van der Waals surface area contributed by atoms with Crippen molar-refractivity contribution in [1.29, 1.82) is 0 Å². The molecule has 3 N–H and O–H groups in total. The van der Waals surface area contributed by atoms with Crippen LogP contribution in [0.3, 0.4) is 0 Å². The molecule has 0 unspecified atom stereocenters. The number of ether oxygens (including phenoxy) is 3. The molecule has 0 radical (unpaired) electrons. The van der Waals surface area contributed by atoms with Crippen molar-refractivity contribution in [2.45, 2.75) is 19.5 Å². The van der Waals surface area contributed by atoms with E-state index in [1.165, 1.54) is 0 Å². The number of fused-ring (bicyclic) bond motifs is 1. The summed E-state index contributed by atoms with van der Waals surface area (Å²) in [4.78, 5) is 12.4. The SMILES string of the molecule is COc1cccc(C[NH2+][C@H](C)C(=O)Nc2ccc3c(c2)OCCO3)c1. The third-order valence-corrected chi connectivity index (χ3v) is 4.06. The molecule has 25 heavy (non-hydrogen) atoms. The zero-order valence-corrected chi connectivity index (χ0v) is 14.5. The average Bonchev–Trinajstić information content (AvgIpc) is 2.66.